The van der Waals surface area contributed by atoms with E-state index in [2.05, 4.69) is 5.16 Å². The third kappa shape index (κ3) is 2.41. The third-order valence-electron chi connectivity index (χ3n) is 2.15. The van der Waals surface area contributed by atoms with Crippen LogP contribution >= 0.6 is 0 Å². The molecule has 0 saturated heterocycles. The summed E-state index contributed by atoms with van der Waals surface area (Å²) in [6.45, 7) is 2.21. The fraction of sp³-hybridized carbons (Fsp3) is 0.250. The SMILES string of the molecule is COCOc1cc(-c2ccc(C)cc2)on1. The van der Waals surface area contributed by atoms with Crippen molar-refractivity contribution in [3.8, 4) is 17.2 Å². The van der Waals surface area contributed by atoms with Crippen LogP contribution in [0.1, 0.15) is 5.56 Å². The second-order valence-corrected chi connectivity index (χ2v) is 3.45. The van der Waals surface area contributed by atoms with Gasteiger partial charge in [0.15, 0.2) is 12.6 Å². The van der Waals surface area contributed by atoms with E-state index in [-0.39, 0.29) is 6.79 Å². The lowest BCUT2D eigenvalue weighted by Gasteiger charge is -1.97. The minimum atomic E-state index is 0.167. The van der Waals surface area contributed by atoms with E-state index in [0.29, 0.717) is 11.6 Å². The molecule has 0 radical (unpaired) electrons. The molecule has 1 aromatic carbocycles. The highest BCUT2D eigenvalue weighted by Crippen LogP contribution is 2.23. The molecule has 0 spiro atoms. The maximum absolute atomic E-state index is 5.16. The zero-order valence-corrected chi connectivity index (χ0v) is 9.27. The van der Waals surface area contributed by atoms with Crippen LogP contribution in [0.3, 0.4) is 0 Å². The van der Waals surface area contributed by atoms with E-state index in [1.165, 1.54) is 5.56 Å². The number of aryl methyl sites for hydroxylation is 1. The van der Waals surface area contributed by atoms with Crippen molar-refractivity contribution >= 4 is 0 Å². The number of ether oxygens (including phenoxy) is 2. The summed E-state index contributed by atoms with van der Waals surface area (Å²) >= 11 is 0. The van der Waals surface area contributed by atoms with Crippen LogP contribution in [-0.4, -0.2) is 19.1 Å². The van der Waals surface area contributed by atoms with Crippen molar-refractivity contribution in [1.82, 2.24) is 5.16 Å². The van der Waals surface area contributed by atoms with Gasteiger partial charge >= 0.3 is 0 Å². The molecule has 84 valence electrons. The van der Waals surface area contributed by atoms with Crippen molar-refractivity contribution in [2.75, 3.05) is 13.9 Å². The number of hydrogen-bond donors (Lipinski definition) is 0. The van der Waals surface area contributed by atoms with Crippen LogP contribution in [0.2, 0.25) is 0 Å². The van der Waals surface area contributed by atoms with Gasteiger partial charge in [0.1, 0.15) is 0 Å². The van der Waals surface area contributed by atoms with Crippen LogP contribution in [-0.2, 0) is 4.74 Å². The highest BCUT2D eigenvalue weighted by molar-refractivity contribution is 5.58. The molecule has 4 nitrogen and oxygen atoms in total. The van der Waals surface area contributed by atoms with E-state index < -0.39 is 0 Å². The van der Waals surface area contributed by atoms with Crippen LogP contribution in [0.4, 0.5) is 0 Å². The Morgan fingerprint density at radius 2 is 2.00 bits per heavy atom. The molecule has 4 heteroatoms. The van der Waals surface area contributed by atoms with E-state index in [4.69, 9.17) is 14.0 Å². The van der Waals surface area contributed by atoms with E-state index in [9.17, 15) is 0 Å². The molecule has 2 aromatic rings. The average Bonchev–Trinajstić information content (AvgIpc) is 2.76. The molecular formula is C12H13NO3. The molecule has 16 heavy (non-hydrogen) atoms. The molecule has 0 bridgehead atoms. The van der Waals surface area contributed by atoms with E-state index in [0.717, 1.165) is 5.56 Å². The summed E-state index contributed by atoms with van der Waals surface area (Å²) in [6, 6.07) is 9.75. The number of rotatable bonds is 4. The summed E-state index contributed by atoms with van der Waals surface area (Å²) < 4.78 is 15.1. The quantitative estimate of drug-likeness (QED) is 0.741. The Morgan fingerprint density at radius 3 is 2.69 bits per heavy atom. The van der Waals surface area contributed by atoms with Gasteiger partial charge in [-0.25, -0.2) is 0 Å². The predicted octanol–water partition coefficient (Wildman–Crippen LogP) is 2.63. The Hall–Kier alpha value is -1.81. The first-order valence-corrected chi connectivity index (χ1v) is 4.95. The monoisotopic (exact) mass is 219 g/mol. The first-order valence-electron chi connectivity index (χ1n) is 4.95. The fourth-order valence-corrected chi connectivity index (χ4v) is 1.30. The lowest BCUT2D eigenvalue weighted by atomic mass is 10.1. The molecule has 0 aliphatic carbocycles. The lowest BCUT2D eigenvalue weighted by Crippen LogP contribution is -1.98. The van der Waals surface area contributed by atoms with Gasteiger partial charge in [-0.05, 0) is 12.1 Å². The average molecular weight is 219 g/mol. The second kappa shape index (κ2) is 4.81. The van der Waals surface area contributed by atoms with Crippen LogP contribution in [0, 0.1) is 6.92 Å². The molecule has 0 aliphatic heterocycles. The zero-order valence-electron chi connectivity index (χ0n) is 9.27. The summed E-state index contributed by atoms with van der Waals surface area (Å²) in [6.07, 6.45) is 0. The maximum Gasteiger partial charge on any atom is 0.256 e. The highest BCUT2D eigenvalue weighted by Gasteiger charge is 2.06. The molecule has 1 aromatic heterocycles. The Balaban J connectivity index is 2.15. The topological polar surface area (TPSA) is 44.5 Å². The summed E-state index contributed by atoms with van der Waals surface area (Å²) in [7, 11) is 1.56. The van der Waals surface area contributed by atoms with Crippen molar-refractivity contribution < 1.29 is 14.0 Å². The first kappa shape index (κ1) is 10.7. The molecule has 0 unspecified atom stereocenters. The van der Waals surface area contributed by atoms with Crippen LogP contribution in [0.25, 0.3) is 11.3 Å². The summed E-state index contributed by atoms with van der Waals surface area (Å²) in [5.41, 5.74) is 2.18. The van der Waals surface area contributed by atoms with Gasteiger partial charge in [-0.1, -0.05) is 29.8 Å². The van der Waals surface area contributed by atoms with Gasteiger partial charge in [-0.15, -0.1) is 0 Å². The second-order valence-electron chi connectivity index (χ2n) is 3.45. The van der Waals surface area contributed by atoms with Gasteiger partial charge in [0.2, 0.25) is 0 Å². The number of benzene rings is 1. The molecular weight excluding hydrogens is 206 g/mol. The smallest absolute Gasteiger partial charge is 0.256 e. The van der Waals surface area contributed by atoms with Gasteiger partial charge in [-0.3, -0.25) is 0 Å². The summed E-state index contributed by atoms with van der Waals surface area (Å²) in [5.74, 6) is 1.11. The Labute approximate surface area is 93.8 Å². The van der Waals surface area contributed by atoms with Crippen LogP contribution < -0.4 is 4.74 Å². The molecule has 0 amide bonds. The summed E-state index contributed by atoms with van der Waals surface area (Å²) in [5, 5.41) is 3.78. The molecule has 0 fully saturated rings. The molecule has 0 atom stereocenters. The number of methoxy groups -OCH3 is 1. The van der Waals surface area contributed by atoms with Crippen molar-refractivity contribution in [2.24, 2.45) is 0 Å². The molecule has 0 N–H and O–H groups in total. The minimum absolute atomic E-state index is 0.167. The number of hydrogen-bond acceptors (Lipinski definition) is 4. The predicted molar refractivity (Wildman–Crippen MR) is 59.2 cm³/mol. The normalized spacial score (nSPS) is 10.4. The van der Waals surface area contributed by atoms with Gasteiger partial charge in [-0.2, -0.15) is 0 Å². The van der Waals surface area contributed by atoms with Gasteiger partial charge in [0.05, 0.1) is 0 Å². The van der Waals surface area contributed by atoms with Crippen molar-refractivity contribution in [1.29, 1.82) is 0 Å². The largest absolute Gasteiger partial charge is 0.448 e. The van der Waals surface area contributed by atoms with E-state index in [1.807, 2.05) is 31.2 Å². The molecule has 0 aliphatic rings. The van der Waals surface area contributed by atoms with E-state index in [1.54, 1.807) is 13.2 Å². The third-order valence-corrected chi connectivity index (χ3v) is 2.15. The van der Waals surface area contributed by atoms with Gasteiger partial charge < -0.3 is 14.0 Å². The molecule has 0 saturated carbocycles. The standard InChI is InChI=1S/C12H13NO3/c1-9-3-5-10(6-4-9)11-7-12(13-16-11)15-8-14-2/h3-7H,8H2,1-2H3. The fourth-order valence-electron chi connectivity index (χ4n) is 1.30. The van der Waals surface area contributed by atoms with Crippen molar-refractivity contribution in [3.05, 3.63) is 35.9 Å². The maximum atomic E-state index is 5.16. The summed E-state index contributed by atoms with van der Waals surface area (Å²) in [4.78, 5) is 0. The number of aromatic nitrogens is 1. The van der Waals surface area contributed by atoms with Crippen LogP contribution in [0.5, 0.6) is 5.88 Å². The van der Waals surface area contributed by atoms with Crippen LogP contribution in [0.15, 0.2) is 34.9 Å². The van der Waals surface area contributed by atoms with Crippen molar-refractivity contribution in [2.45, 2.75) is 6.92 Å². The molecule has 1 heterocycles. The van der Waals surface area contributed by atoms with Gasteiger partial charge in [0, 0.05) is 18.7 Å². The lowest BCUT2D eigenvalue weighted by molar-refractivity contribution is 0.0453. The van der Waals surface area contributed by atoms with Gasteiger partial charge in [0.25, 0.3) is 5.88 Å². The Kier molecular flexibility index (Phi) is 3.22. The zero-order chi connectivity index (χ0) is 11.4. The highest BCUT2D eigenvalue weighted by atomic mass is 16.7. The number of nitrogens with zero attached hydrogens (tertiary/aromatic N) is 1. The Morgan fingerprint density at radius 1 is 1.25 bits per heavy atom. The minimum Gasteiger partial charge on any atom is -0.448 e. The Bertz CT molecular complexity index is 448. The first-order chi connectivity index (χ1) is 7.79. The van der Waals surface area contributed by atoms with Crippen molar-refractivity contribution in [3.63, 3.8) is 0 Å². The van der Waals surface area contributed by atoms with E-state index >= 15 is 0 Å². The molecule has 2 rings (SSSR count).